The minimum Gasteiger partial charge on any atom is -0.381 e. The first-order valence-corrected chi connectivity index (χ1v) is 4.98. The van der Waals surface area contributed by atoms with Gasteiger partial charge in [-0.1, -0.05) is 17.7 Å². The van der Waals surface area contributed by atoms with Gasteiger partial charge in [0, 0.05) is 0 Å². The number of nitrogen functional groups attached to an aromatic ring is 1. The number of anilines is 1. The van der Waals surface area contributed by atoms with Gasteiger partial charge < -0.3 is 11.5 Å². The van der Waals surface area contributed by atoms with Crippen LogP contribution in [0.2, 0.25) is 5.02 Å². The van der Waals surface area contributed by atoms with Crippen LogP contribution in [0.25, 0.3) is 5.69 Å². The lowest BCUT2D eigenvalue weighted by molar-refractivity contribution is 0.0996. The Bertz CT molecular complexity index is 576. The number of carbonyl (C=O) groups excluding carboxylic acids is 1. The Kier molecular flexibility index (Phi) is 2.72. The van der Waals surface area contributed by atoms with Crippen LogP contribution in [-0.4, -0.2) is 15.7 Å². The van der Waals surface area contributed by atoms with Crippen molar-refractivity contribution < 1.29 is 9.18 Å². The Morgan fingerprint density at radius 1 is 1.47 bits per heavy atom. The van der Waals surface area contributed by atoms with Crippen molar-refractivity contribution in [2.75, 3.05) is 5.73 Å². The summed E-state index contributed by atoms with van der Waals surface area (Å²) in [6.07, 6.45) is 1.37. The first kappa shape index (κ1) is 11.4. The van der Waals surface area contributed by atoms with Crippen molar-refractivity contribution in [2.45, 2.75) is 0 Å². The molecule has 17 heavy (non-hydrogen) atoms. The highest BCUT2D eigenvalue weighted by atomic mass is 35.5. The van der Waals surface area contributed by atoms with Gasteiger partial charge in [-0.2, -0.15) is 0 Å². The van der Waals surface area contributed by atoms with E-state index in [4.69, 9.17) is 23.1 Å². The van der Waals surface area contributed by atoms with Gasteiger partial charge in [-0.25, -0.2) is 9.07 Å². The van der Waals surface area contributed by atoms with E-state index in [0.29, 0.717) is 0 Å². The zero-order chi connectivity index (χ0) is 12.6. The van der Waals surface area contributed by atoms with Crippen LogP contribution in [-0.2, 0) is 0 Å². The summed E-state index contributed by atoms with van der Waals surface area (Å²) in [7, 11) is 0. The van der Waals surface area contributed by atoms with Crippen molar-refractivity contribution >= 4 is 23.3 Å². The van der Waals surface area contributed by atoms with Crippen LogP contribution >= 0.6 is 11.6 Å². The molecule has 5 nitrogen and oxygen atoms in total. The van der Waals surface area contributed by atoms with Crippen LogP contribution in [0.4, 0.5) is 10.2 Å². The Balaban J connectivity index is 2.67. The Morgan fingerprint density at radius 3 is 2.71 bits per heavy atom. The number of aromatic nitrogens is 2. The van der Waals surface area contributed by atoms with Gasteiger partial charge in [0.15, 0.2) is 5.82 Å². The monoisotopic (exact) mass is 254 g/mol. The molecule has 0 radical (unpaired) electrons. The maximum Gasteiger partial charge on any atom is 0.253 e. The highest BCUT2D eigenvalue weighted by molar-refractivity contribution is 6.32. The maximum atomic E-state index is 13.5. The summed E-state index contributed by atoms with van der Waals surface area (Å²) in [6.45, 7) is 0. The molecule has 0 spiro atoms. The van der Waals surface area contributed by atoms with Gasteiger partial charge >= 0.3 is 0 Å². The van der Waals surface area contributed by atoms with Crippen molar-refractivity contribution in [2.24, 2.45) is 5.73 Å². The quantitative estimate of drug-likeness (QED) is 0.848. The topological polar surface area (TPSA) is 86.9 Å². The second kappa shape index (κ2) is 4.06. The van der Waals surface area contributed by atoms with Crippen molar-refractivity contribution in [3.05, 3.63) is 40.8 Å². The molecule has 7 heteroatoms. The molecule has 0 unspecified atom stereocenters. The molecule has 0 bridgehead atoms. The van der Waals surface area contributed by atoms with Gasteiger partial charge in [0.1, 0.15) is 16.4 Å². The third-order valence-corrected chi connectivity index (χ3v) is 2.47. The normalized spacial score (nSPS) is 10.5. The fourth-order valence-corrected chi connectivity index (χ4v) is 1.57. The van der Waals surface area contributed by atoms with Crippen molar-refractivity contribution in [3.63, 3.8) is 0 Å². The third kappa shape index (κ3) is 1.94. The average molecular weight is 255 g/mol. The minimum absolute atomic E-state index is 0.0892. The molecule has 0 saturated carbocycles. The minimum atomic E-state index is -0.886. The van der Waals surface area contributed by atoms with Crippen LogP contribution in [0.5, 0.6) is 0 Å². The van der Waals surface area contributed by atoms with Crippen molar-refractivity contribution in [1.29, 1.82) is 0 Å². The van der Waals surface area contributed by atoms with E-state index in [9.17, 15) is 9.18 Å². The standard InChI is InChI=1S/C10H8ClFN4O/c11-5-4-16(15-9(5)13)7-3-1-2-6(12)8(7)10(14)17/h1-4H,(H2,13,15)(H2,14,17). The number of hydrogen-bond acceptors (Lipinski definition) is 3. The highest BCUT2D eigenvalue weighted by Gasteiger charge is 2.16. The molecule has 0 aliphatic rings. The zero-order valence-electron chi connectivity index (χ0n) is 8.52. The lowest BCUT2D eigenvalue weighted by Crippen LogP contribution is -2.17. The van der Waals surface area contributed by atoms with E-state index in [-0.39, 0.29) is 22.1 Å². The second-order valence-electron chi connectivity index (χ2n) is 3.31. The van der Waals surface area contributed by atoms with Crippen LogP contribution in [0.15, 0.2) is 24.4 Å². The predicted octanol–water partition coefficient (Wildman–Crippen LogP) is 1.35. The van der Waals surface area contributed by atoms with E-state index in [1.54, 1.807) is 0 Å². The second-order valence-corrected chi connectivity index (χ2v) is 3.71. The number of carbonyl (C=O) groups is 1. The molecule has 0 saturated heterocycles. The smallest absolute Gasteiger partial charge is 0.253 e. The summed E-state index contributed by atoms with van der Waals surface area (Å²) in [5.41, 5.74) is 10.5. The Hall–Kier alpha value is -2.08. The summed E-state index contributed by atoms with van der Waals surface area (Å²) in [5, 5.41) is 4.07. The maximum absolute atomic E-state index is 13.5. The third-order valence-electron chi connectivity index (χ3n) is 2.18. The molecule has 2 rings (SSSR count). The van der Waals surface area contributed by atoms with Gasteiger partial charge in [-0.05, 0) is 12.1 Å². The lowest BCUT2D eigenvalue weighted by atomic mass is 10.1. The number of amides is 1. The van der Waals surface area contributed by atoms with Crippen molar-refractivity contribution in [1.82, 2.24) is 9.78 Å². The fourth-order valence-electron chi connectivity index (χ4n) is 1.44. The van der Waals surface area contributed by atoms with E-state index in [0.717, 1.165) is 6.07 Å². The van der Waals surface area contributed by atoms with Gasteiger partial charge in [0.05, 0.1) is 11.9 Å². The molecule has 0 fully saturated rings. The molecule has 0 aliphatic heterocycles. The Labute approximate surface area is 101 Å². The van der Waals surface area contributed by atoms with Gasteiger partial charge in [-0.15, -0.1) is 5.10 Å². The van der Waals surface area contributed by atoms with E-state index in [1.807, 2.05) is 0 Å². The Morgan fingerprint density at radius 2 is 2.18 bits per heavy atom. The number of rotatable bonds is 2. The fraction of sp³-hybridized carbons (Fsp3) is 0. The average Bonchev–Trinajstić information content (AvgIpc) is 2.58. The first-order valence-electron chi connectivity index (χ1n) is 4.60. The molecule has 0 aliphatic carbocycles. The largest absolute Gasteiger partial charge is 0.381 e. The summed E-state index contributed by atoms with van der Waals surface area (Å²) in [5.74, 6) is -1.52. The van der Waals surface area contributed by atoms with Crippen LogP contribution in [0.1, 0.15) is 10.4 Å². The highest BCUT2D eigenvalue weighted by Crippen LogP contribution is 2.22. The van der Waals surface area contributed by atoms with Crippen molar-refractivity contribution in [3.8, 4) is 5.69 Å². The molecule has 2 aromatic rings. The summed E-state index contributed by atoms with van der Waals surface area (Å²) in [6, 6.07) is 4.06. The number of primary amides is 1. The van der Waals surface area contributed by atoms with Gasteiger partial charge in [0.2, 0.25) is 0 Å². The predicted molar refractivity (Wildman–Crippen MR) is 61.5 cm³/mol. The number of nitrogens with zero attached hydrogens (tertiary/aromatic N) is 2. The van der Waals surface area contributed by atoms with E-state index in [2.05, 4.69) is 5.10 Å². The van der Waals surface area contributed by atoms with Crippen LogP contribution in [0, 0.1) is 5.82 Å². The number of hydrogen-bond donors (Lipinski definition) is 2. The molecule has 1 heterocycles. The number of nitrogens with two attached hydrogens (primary N) is 2. The molecule has 1 aromatic carbocycles. The SMILES string of the molecule is NC(=O)c1c(F)cccc1-n1cc(Cl)c(N)n1. The summed E-state index contributed by atoms with van der Waals surface area (Å²) >= 11 is 5.73. The number of halogens is 2. The molecule has 0 atom stereocenters. The van der Waals surface area contributed by atoms with Crippen LogP contribution in [0.3, 0.4) is 0 Å². The lowest BCUT2D eigenvalue weighted by Gasteiger charge is -2.06. The molecule has 88 valence electrons. The molecule has 4 N–H and O–H groups in total. The molecule has 1 amide bonds. The molecule has 1 aromatic heterocycles. The van der Waals surface area contributed by atoms with Crippen LogP contribution < -0.4 is 11.5 Å². The summed E-state index contributed by atoms with van der Waals surface area (Å²) < 4.78 is 14.7. The van der Waals surface area contributed by atoms with Gasteiger partial charge in [-0.3, -0.25) is 4.79 Å². The number of benzene rings is 1. The molecular weight excluding hydrogens is 247 g/mol. The van der Waals surface area contributed by atoms with E-state index in [1.165, 1.54) is 23.0 Å². The first-order chi connectivity index (χ1) is 8.00. The van der Waals surface area contributed by atoms with E-state index >= 15 is 0 Å². The van der Waals surface area contributed by atoms with Gasteiger partial charge in [0.25, 0.3) is 5.91 Å². The summed E-state index contributed by atoms with van der Waals surface area (Å²) in [4.78, 5) is 11.2. The van der Waals surface area contributed by atoms with E-state index < -0.39 is 11.7 Å². The molecular formula is C10H8ClFN4O. The zero-order valence-corrected chi connectivity index (χ0v) is 9.28.